The molecule has 1 aliphatic rings. The molecule has 4 N–H and O–H groups in total. The SMILES string of the molecule is COCCn1ncc2c(N3CC(N)CC3CO)c(NC(=O)c3cccc(-c4c(F)cccc4OC)n3)cc(F)c21. The number of benzene rings is 2. The highest BCUT2D eigenvalue weighted by atomic mass is 19.1. The number of carbonyl (C=O) groups is 1. The van der Waals surface area contributed by atoms with Gasteiger partial charge in [-0.05, 0) is 30.7 Å². The highest BCUT2D eigenvalue weighted by Crippen LogP contribution is 2.40. The number of nitrogens with two attached hydrogens (primary N) is 1. The van der Waals surface area contributed by atoms with Crippen molar-refractivity contribution >= 4 is 28.2 Å². The quantitative estimate of drug-likeness (QED) is 0.289. The average molecular weight is 553 g/mol. The third-order valence-corrected chi connectivity index (χ3v) is 6.98. The van der Waals surface area contributed by atoms with Gasteiger partial charge in [-0.25, -0.2) is 13.8 Å². The fourth-order valence-electron chi connectivity index (χ4n) is 5.18. The van der Waals surface area contributed by atoms with Gasteiger partial charge in [0.15, 0.2) is 5.82 Å². The van der Waals surface area contributed by atoms with E-state index in [0.29, 0.717) is 37.2 Å². The summed E-state index contributed by atoms with van der Waals surface area (Å²) in [5.41, 5.74) is 7.44. The smallest absolute Gasteiger partial charge is 0.274 e. The largest absolute Gasteiger partial charge is 0.496 e. The lowest BCUT2D eigenvalue weighted by molar-refractivity contribution is 0.102. The summed E-state index contributed by atoms with van der Waals surface area (Å²) in [6, 6.07) is 9.69. The maximum absolute atomic E-state index is 15.5. The summed E-state index contributed by atoms with van der Waals surface area (Å²) >= 11 is 0. The Morgan fingerprint density at radius 3 is 2.75 bits per heavy atom. The van der Waals surface area contributed by atoms with Gasteiger partial charge < -0.3 is 30.5 Å². The molecule has 0 saturated carbocycles. The minimum absolute atomic E-state index is 0.0121. The zero-order valence-corrected chi connectivity index (χ0v) is 22.1. The highest BCUT2D eigenvalue weighted by Gasteiger charge is 2.34. The zero-order valence-electron chi connectivity index (χ0n) is 22.1. The van der Waals surface area contributed by atoms with Gasteiger partial charge in [-0.15, -0.1) is 0 Å². The molecule has 3 heterocycles. The molecule has 2 atom stereocenters. The number of amides is 1. The van der Waals surface area contributed by atoms with E-state index in [2.05, 4.69) is 15.4 Å². The molecule has 4 aromatic rings. The summed E-state index contributed by atoms with van der Waals surface area (Å²) < 4.78 is 42.1. The standard InChI is InChI=1S/C28H30F2N6O4/c1-39-10-9-36-26-18(13-32-36)27(35-14-16(31)11-17(35)15-37)23(12-20(26)30)34-28(38)22-7-4-6-21(33-22)25-19(29)5-3-8-24(25)40-2/h3-8,12-13,16-17,37H,9-11,14-15,31H2,1-2H3,(H,34,38). The fourth-order valence-corrected chi connectivity index (χ4v) is 5.18. The van der Waals surface area contributed by atoms with Crippen LogP contribution in [0.4, 0.5) is 20.2 Å². The summed E-state index contributed by atoms with van der Waals surface area (Å²) in [5.74, 6) is -1.51. The van der Waals surface area contributed by atoms with Crippen LogP contribution in [0, 0.1) is 11.6 Å². The van der Waals surface area contributed by atoms with Gasteiger partial charge in [0.05, 0.1) is 61.7 Å². The van der Waals surface area contributed by atoms with Crippen LogP contribution in [0.2, 0.25) is 0 Å². The van der Waals surface area contributed by atoms with Crippen molar-refractivity contribution in [2.45, 2.75) is 25.0 Å². The Hall–Kier alpha value is -4.13. The molecule has 40 heavy (non-hydrogen) atoms. The number of aliphatic hydroxyl groups excluding tert-OH is 1. The van der Waals surface area contributed by atoms with E-state index in [1.807, 2.05) is 4.90 Å². The lowest BCUT2D eigenvalue weighted by atomic mass is 10.1. The monoisotopic (exact) mass is 552 g/mol. The number of anilines is 2. The topological polar surface area (TPSA) is 128 Å². The summed E-state index contributed by atoms with van der Waals surface area (Å²) in [6.07, 6.45) is 2.05. The second kappa shape index (κ2) is 11.5. The maximum atomic E-state index is 15.5. The Morgan fingerprint density at radius 2 is 2.00 bits per heavy atom. The van der Waals surface area contributed by atoms with Gasteiger partial charge in [0.1, 0.15) is 22.8 Å². The van der Waals surface area contributed by atoms with Crippen molar-refractivity contribution in [1.29, 1.82) is 0 Å². The van der Waals surface area contributed by atoms with Crippen molar-refractivity contribution in [3.63, 3.8) is 0 Å². The van der Waals surface area contributed by atoms with Gasteiger partial charge in [0, 0.05) is 31.1 Å². The number of aromatic nitrogens is 3. The minimum atomic E-state index is -0.632. The molecule has 2 unspecified atom stereocenters. The van der Waals surface area contributed by atoms with Crippen molar-refractivity contribution in [1.82, 2.24) is 14.8 Å². The number of nitrogens with one attached hydrogen (secondary N) is 1. The second-order valence-electron chi connectivity index (χ2n) is 9.54. The van der Waals surface area contributed by atoms with E-state index in [4.69, 9.17) is 15.2 Å². The summed E-state index contributed by atoms with van der Waals surface area (Å²) in [5, 5.41) is 17.7. The Morgan fingerprint density at radius 1 is 1.20 bits per heavy atom. The van der Waals surface area contributed by atoms with Gasteiger partial charge >= 0.3 is 0 Å². The normalized spacial score (nSPS) is 17.0. The molecule has 12 heteroatoms. The molecule has 5 rings (SSSR count). The molecule has 0 radical (unpaired) electrons. The third-order valence-electron chi connectivity index (χ3n) is 6.98. The molecular weight excluding hydrogens is 522 g/mol. The van der Waals surface area contributed by atoms with Crippen LogP contribution >= 0.6 is 0 Å². The van der Waals surface area contributed by atoms with E-state index < -0.39 is 17.5 Å². The number of hydrogen-bond donors (Lipinski definition) is 3. The van der Waals surface area contributed by atoms with Gasteiger partial charge in [-0.2, -0.15) is 5.10 Å². The molecule has 10 nitrogen and oxygen atoms in total. The van der Waals surface area contributed by atoms with Crippen molar-refractivity contribution in [2.75, 3.05) is 44.2 Å². The second-order valence-corrected chi connectivity index (χ2v) is 9.54. The van der Waals surface area contributed by atoms with Crippen LogP contribution in [0.3, 0.4) is 0 Å². The Kier molecular flexibility index (Phi) is 7.92. The van der Waals surface area contributed by atoms with Crippen molar-refractivity contribution in [3.05, 3.63) is 66.0 Å². The first-order valence-electron chi connectivity index (χ1n) is 12.8. The van der Waals surface area contributed by atoms with E-state index in [9.17, 15) is 14.3 Å². The number of rotatable bonds is 9. The first kappa shape index (κ1) is 27.4. The fraction of sp³-hybridized carbons (Fsp3) is 0.321. The molecular formula is C28H30F2N6O4. The Bertz CT molecular complexity index is 1550. The molecule has 2 aromatic heterocycles. The number of methoxy groups -OCH3 is 2. The van der Waals surface area contributed by atoms with Crippen LogP contribution in [0.1, 0.15) is 16.9 Å². The first-order valence-corrected chi connectivity index (χ1v) is 12.8. The molecule has 0 aliphatic carbocycles. The van der Waals surface area contributed by atoms with Crippen LogP contribution in [-0.2, 0) is 11.3 Å². The van der Waals surface area contributed by atoms with Crippen molar-refractivity contribution in [2.24, 2.45) is 5.73 Å². The number of fused-ring (bicyclic) bond motifs is 1. The number of halogens is 2. The van der Waals surface area contributed by atoms with Crippen LogP contribution in [-0.4, -0.2) is 71.8 Å². The number of carbonyl (C=O) groups excluding carboxylic acids is 1. The Balaban J connectivity index is 1.57. The molecule has 0 bridgehead atoms. The van der Waals surface area contributed by atoms with Crippen LogP contribution in [0.25, 0.3) is 22.2 Å². The van der Waals surface area contributed by atoms with Gasteiger partial charge in [0.2, 0.25) is 0 Å². The summed E-state index contributed by atoms with van der Waals surface area (Å²) in [4.78, 5) is 19.7. The molecule has 210 valence electrons. The lowest BCUT2D eigenvalue weighted by Gasteiger charge is -2.28. The number of aliphatic hydroxyl groups is 1. The highest BCUT2D eigenvalue weighted by molar-refractivity contribution is 6.09. The predicted octanol–water partition coefficient (Wildman–Crippen LogP) is 3.18. The van der Waals surface area contributed by atoms with Gasteiger partial charge in [0.25, 0.3) is 5.91 Å². The first-order chi connectivity index (χ1) is 19.4. The number of ether oxygens (including phenoxy) is 2. The molecule has 1 saturated heterocycles. The third kappa shape index (κ3) is 5.08. The molecule has 2 aromatic carbocycles. The maximum Gasteiger partial charge on any atom is 0.274 e. The molecule has 1 amide bonds. The minimum Gasteiger partial charge on any atom is -0.496 e. The molecule has 1 fully saturated rings. The van der Waals surface area contributed by atoms with Gasteiger partial charge in [-0.1, -0.05) is 12.1 Å². The van der Waals surface area contributed by atoms with Gasteiger partial charge in [-0.3, -0.25) is 9.48 Å². The molecule has 0 spiro atoms. The number of hydrogen-bond acceptors (Lipinski definition) is 8. The van der Waals surface area contributed by atoms with E-state index in [0.717, 1.165) is 0 Å². The van der Waals surface area contributed by atoms with E-state index in [-0.39, 0.29) is 52.6 Å². The predicted molar refractivity (Wildman–Crippen MR) is 147 cm³/mol. The Labute approximate surface area is 229 Å². The average Bonchev–Trinajstić information content (AvgIpc) is 3.55. The van der Waals surface area contributed by atoms with Crippen LogP contribution < -0.4 is 20.7 Å². The van der Waals surface area contributed by atoms with E-state index in [1.54, 1.807) is 25.3 Å². The van der Waals surface area contributed by atoms with E-state index >= 15 is 4.39 Å². The number of nitrogens with zero attached hydrogens (tertiary/aromatic N) is 4. The zero-order chi connectivity index (χ0) is 28.4. The van der Waals surface area contributed by atoms with Crippen molar-refractivity contribution < 1.29 is 28.2 Å². The summed E-state index contributed by atoms with van der Waals surface area (Å²) in [6.45, 7) is 0.860. The number of pyridine rings is 1. The van der Waals surface area contributed by atoms with Crippen LogP contribution in [0.5, 0.6) is 5.75 Å². The van der Waals surface area contributed by atoms with Crippen molar-refractivity contribution in [3.8, 4) is 17.0 Å². The lowest BCUT2D eigenvalue weighted by Crippen LogP contribution is -2.34. The van der Waals surface area contributed by atoms with Crippen LogP contribution in [0.15, 0.2) is 48.7 Å². The van der Waals surface area contributed by atoms with E-state index in [1.165, 1.54) is 42.3 Å². The summed E-state index contributed by atoms with van der Waals surface area (Å²) in [7, 11) is 2.96. The molecule has 1 aliphatic heterocycles.